The largest absolute Gasteiger partial charge is 0.485 e. The first-order valence-corrected chi connectivity index (χ1v) is 10.4. The summed E-state index contributed by atoms with van der Waals surface area (Å²) in [7, 11) is 1.18. The number of alkyl halides is 3. The Hall–Kier alpha value is -3.47. The maximum Gasteiger partial charge on any atom is 0.416 e. The van der Waals surface area contributed by atoms with Gasteiger partial charge in [-0.3, -0.25) is 4.79 Å². The maximum atomic E-state index is 13.9. The topological polar surface area (TPSA) is 70.9 Å². The molecule has 11 heteroatoms. The summed E-state index contributed by atoms with van der Waals surface area (Å²) in [6, 6.07) is 6.35. The van der Waals surface area contributed by atoms with Crippen LogP contribution in [0.15, 0.2) is 42.5 Å². The van der Waals surface area contributed by atoms with Crippen molar-refractivity contribution in [2.75, 3.05) is 38.7 Å². The average molecular weight is 484 g/mol. The Morgan fingerprint density at radius 1 is 1.15 bits per heavy atom. The number of benzene rings is 2. The van der Waals surface area contributed by atoms with E-state index < -0.39 is 23.5 Å². The number of likely N-dealkylation sites (N-methyl/N-ethyl adjacent to an activating group) is 1. The number of amides is 1. The van der Waals surface area contributed by atoms with Crippen molar-refractivity contribution in [3.8, 4) is 5.75 Å². The fourth-order valence-corrected chi connectivity index (χ4v) is 2.97. The number of ether oxygens (including phenoxy) is 1. The summed E-state index contributed by atoms with van der Waals surface area (Å²) in [4.78, 5) is 31.4. The predicted octanol–water partition coefficient (Wildman–Crippen LogP) is 5.19. The number of carbonyl (C=O) groups is 1. The summed E-state index contributed by atoms with van der Waals surface area (Å²) in [5.41, 5.74) is -1.06. The summed E-state index contributed by atoms with van der Waals surface area (Å²) in [5, 5.41) is 2.49. The van der Waals surface area contributed by atoms with Gasteiger partial charge in [0.25, 0.3) is 4.92 Å². The second-order valence-electron chi connectivity index (χ2n) is 7.05. The van der Waals surface area contributed by atoms with E-state index in [1.165, 1.54) is 25.3 Å². The minimum Gasteiger partial charge on any atom is -0.485 e. The molecule has 0 aliphatic rings. The lowest BCUT2D eigenvalue weighted by molar-refractivity contribution is -0.736. The van der Waals surface area contributed by atoms with E-state index in [0.717, 1.165) is 37.4 Å². The highest BCUT2D eigenvalue weighted by Gasteiger charge is 2.31. The van der Waals surface area contributed by atoms with E-state index in [9.17, 15) is 27.3 Å². The Balaban J connectivity index is 2.11. The van der Waals surface area contributed by atoms with Crippen molar-refractivity contribution in [2.24, 2.45) is 0 Å². The summed E-state index contributed by atoms with van der Waals surface area (Å²) < 4.78 is 57.5. The van der Waals surface area contributed by atoms with Gasteiger partial charge in [-0.25, -0.2) is 9.23 Å². The molecule has 2 rings (SSSR count). The number of nitrogens with zero attached hydrogens (tertiary/aromatic N) is 2. The lowest BCUT2D eigenvalue weighted by atomic mass is 10.1. The number of halogens is 4. The Morgan fingerprint density at radius 2 is 1.85 bits per heavy atom. The van der Waals surface area contributed by atoms with Gasteiger partial charge in [0.1, 0.15) is 12.4 Å². The van der Waals surface area contributed by atoms with Crippen LogP contribution in [0.1, 0.15) is 25.0 Å². The Morgan fingerprint density at radius 3 is 2.44 bits per heavy atom. The van der Waals surface area contributed by atoms with Crippen LogP contribution in [0.25, 0.3) is 6.08 Å². The molecule has 0 saturated heterocycles. The summed E-state index contributed by atoms with van der Waals surface area (Å²) >= 11 is 0. The maximum absolute atomic E-state index is 13.9. The van der Waals surface area contributed by atoms with Gasteiger partial charge < -0.3 is 15.0 Å². The molecule has 1 N–H and O–H groups in total. The monoisotopic (exact) mass is 484 g/mol. The third-order valence-corrected chi connectivity index (χ3v) is 4.89. The van der Waals surface area contributed by atoms with Crippen LogP contribution < -0.4 is 10.1 Å². The molecule has 34 heavy (non-hydrogen) atoms. The quantitative estimate of drug-likeness (QED) is 0.270. The van der Waals surface area contributed by atoms with E-state index in [1.807, 2.05) is 13.8 Å². The molecule has 0 aliphatic carbocycles. The molecule has 0 fully saturated rings. The number of anilines is 1. The van der Waals surface area contributed by atoms with Crippen molar-refractivity contribution in [1.29, 1.82) is 0 Å². The Bertz CT molecular complexity index is 1040. The first-order chi connectivity index (χ1) is 16.1. The van der Waals surface area contributed by atoms with Crippen molar-refractivity contribution in [1.82, 2.24) is 4.90 Å². The fraction of sp³-hybridized carbons (Fsp3) is 0.348. The normalized spacial score (nSPS) is 11.6. The van der Waals surface area contributed by atoms with Gasteiger partial charge in [0.15, 0.2) is 7.11 Å². The van der Waals surface area contributed by atoms with Gasteiger partial charge in [-0.1, -0.05) is 19.9 Å². The van der Waals surface area contributed by atoms with Crippen LogP contribution in [0.5, 0.6) is 5.75 Å². The van der Waals surface area contributed by atoms with Crippen LogP contribution in [0, 0.1) is 10.7 Å². The molecule has 2 aromatic carbocycles. The first-order valence-electron chi connectivity index (χ1n) is 10.4. The number of hydrogen-bond acceptors (Lipinski definition) is 5. The summed E-state index contributed by atoms with van der Waals surface area (Å²) in [6.45, 7) is 6.75. The second kappa shape index (κ2) is 12.1. The number of carbonyl (C=O) groups excluding carboxylic acids is 1. The van der Waals surface area contributed by atoms with Crippen molar-refractivity contribution in [2.45, 2.75) is 20.0 Å². The lowest BCUT2D eigenvalue weighted by Crippen LogP contribution is -2.28. The van der Waals surface area contributed by atoms with Gasteiger partial charge in [-0.2, -0.15) is 13.2 Å². The third-order valence-electron chi connectivity index (χ3n) is 4.89. The molecule has 0 bridgehead atoms. The Kier molecular flexibility index (Phi) is 9.55. The average Bonchev–Trinajstić information content (AvgIpc) is 2.80. The predicted molar refractivity (Wildman–Crippen MR) is 119 cm³/mol. The van der Waals surface area contributed by atoms with Crippen molar-refractivity contribution >= 4 is 23.4 Å². The van der Waals surface area contributed by atoms with E-state index >= 15 is 0 Å². The smallest absolute Gasteiger partial charge is 0.416 e. The van der Waals surface area contributed by atoms with Crippen molar-refractivity contribution < 1.29 is 36.9 Å². The molecule has 0 aromatic heterocycles. The number of hydrogen-bond donors (Lipinski definition) is 1. The second-order valence-corrected chi connectivity index (χ2v) is 7.05. The van der Waals surface area contributed by atoms with E-state index in [4.69, 9.17) is 9.57 Å². The van der Waals surface area contributed by atoms with Crippen LogP contribution in [0.4, 0.5) is 28.9 Å². The summed E-state index contributed by atoms with van der Waals surface area (Å²) in [6.07, 6.45) is -2.66. The van der Waals surface area contributed by atoms with E-state index in [0.29, 0.717) is 19.2 Å². The molecule has 0 atom stereocenters. The minimum absolute atomic E-state index is 0.0256. The van der Waals surface area contributed by atoms with Crippen molar-refractivity contribution in [3.05, 3.63) is 64.3 Å². The molecule has 2 aromatic rings. The standard InChI is InChI=1S/C23H25F4N3O4/c1-4-29(5-2)12-13-34-21-10-9-18(15-20(21)30(32)33-3)28-22(31)11-7-16-6-8-17(14-19(16)24)23(25,26)27/h6-11,14-15H,4-5,12-13H2,1-3H3/p+1/b11-7+. The highest BCUT2D eigenvalue weighted by molar-refractivity contribution is 6.02. The van der Waals surface area contributed by atoms with Crippen LogP contribution in [0.2, 0.25) is 0 Å². The minimum atomic E-state index is -4.67. The number of nitrogens with one attached hydrogen (secondary N) is 1. The molecule has 184 valence electrons. The molecule has 1 amide bonds. The van der Waals surface area contributed by atoms with Crippen LogP contribution >= 0.6 is 0 Å². The highest BCUT2D eigenvalue weighted by Crippen LogP contribution is 2.31. The molecule has 0 saturated carbocycles. The lowest BCUT2D eigenvalue weighted by Gasteiger charge is -2.17. The highest BCUT2D eigenvalue weighted by atomic mass is 19.4. The van der Waals surface area contributed by atoms with Gasteiger partial charge in [0.05, 0.1) is 10.5 Å². The van der Waals surface area contributed by atoms with Gasteiger partial charge >= 0.3 is 11.9 Å². The van der Waals surface area contributed by atoms with E-state index in [2.05, 4.69) is 10.2 Å². The Labute approximate surface area is 194 Å². The van der Waals surface area contributed by atoms with E-state index in [-0.39, 0.29) is 27.6 Å². The molecule has 0 heterocycles. The van der Waals surface area contributed by atoms with Gasteiger partial charge in [0, 0.05) is 29.9 Å². The van der Waals surface area contributed by atoms with Gasteiger partial charge in [-0.15, -0.1) is 0 Å². The van der Waals surface area contributed by atoms with Crippen LogP contribution in [0.3, 0.4) is 0 Å². The van der Waals surface area contributed by atoms with Gasteiger partial charge in [0.2, 0.25) is 11.7 Å². The summed E-state index contributed by atoms with van der Waals surface area (Å²) in [5.74, 6) is -1.55. The molecule has 0 spiro atoms. The zero-order valence-electron chi connectivity index (χ0n) is 19.0. The molecular weight excluding hydrogens is 458 g/mol. The molecule has 0 unspecified atom stereocenters. The molecular formula is C23H26F4N3O4+. The zero-order valence-corrected chi connectivity index (χ0v) is 19.0. The molecule has 7 nitrogen and oxygen atoms in total. The fourth-order valence-electron chi connectivity index (χ4n) is 2.97. The van der Waals surface area contributed by atoms with Crippen molar-refractivity contribution in [3.63, 3.8) is 0 Å². The number of rotatable bonds is 11. The zero-order chi connectivity index (χ0) is 25.3. The van der Waals surface area contributed by atoms with Crippen LogP contribution in [-0.4, -0.2) is 49.1 Å². The van der Waals surface area contributed by atoms with Crippen LogP contribution in [-0.2, 0) is 15.8 Å². The van der Waals surface area contributed by atoms with Gasteiger partial charge in [-0.05, 0) is 43.4 Å². The first kappa shape index (κ1) is 26.8. The molecule has 0 radical (unpaired) electrons. The van der Waals surface area contributed by atoms with E-state index in [1.54, 1.807) is 0 Å². The SMILES string of the molecule is CCN(CC)CCOc1ccc(NC(=O)/C=C/c2ccc(C(F)(F)F)cc2F)cc1[N+](=O)OC. The molecule has 0 aliphatic heterocycles. The third kappa shape index (κ3) is 7.55.